The first-order valence-corrected chi connectivity index (χ1v) is 16.1. The molecule has 2 aromatic carbocycles. The van der Waals surface area contributed by atoms with Gasteiger partial charge in [-0.2, -0.15) is 0 Å². The van der Waals surface area contributed by atoms with Crippen LogP contribution in [0.15, 0.2) is 36.4 Å². The molecule has 1 amide bonds. The Kier molecular flexibility index (Phi) is 7.55. The van der Waals surface area contributed by atoms with E-state index in [2.05, 4.69) is 85.8 Å². The molecule has 6 rings (SSSR count). The van der Waals surface area contributed by atoms with Gasteiger partial charge in [0.2, 0.25) is 0 Å². The maximum absolute atomic E-state index is 15.8. The molecule has 0 radical (unpaired) electrons. The van der Waals surface area contributed by atoms with Crippen LogP contribution < -0.4 is 4.90 Å². The molecule has 39 heavy (non-hydrogen) atoms. The number of aliphatic hydroxyl groups excluding tert-OH is 1. The SMILES string of the molecule is CCC1CN(CCCO)c2cccc3cc(-c4nc5cc(C(=O)N6C[C@@H](I)C[C@H]6I)cc(F)c5n4CC)n1c23. The molecule has 1 N–H and O–H groups in total. The molecule has 7 nitrogen and oxygen atoms in total. The molecular weight excluding hydrogens is 723 g/mol. The Labute approximate surface area is 254 Å². The number of fused-ring (bicyclic) bond motifs is 1. The number of aromatic nitrogens is 3. The van der Waals surface area contributed by atoms with E-state index in [0.29, 0.717) is 33.6 Å². The van der Waals surface area contributed by atoms with Gasteiger partial charge in [-0.25, -0.2) is 9.37 Å². The van der Waals surface area contributed by atoms with Crippen molar-refractivity contribution in [2.24, 2.45) is 0 Å². The predicted molar refractivity (Wildman–Crippen MR) is 171 cm³/mol. The molecule has 2 aliphatic heterocycles. The zero-order valence-electron chi connectivity index (χ0n) is 22.1. The number of aryl methyl sites for hydroxylation is 1. The van der Waals surface area contributed by atoms with Crippen LogP contribution in [0.4, 0.5) is 10.1 Å². The van der Waals surface area contributed by atoms with Gasteiger partial charge in [0.1, 0.15) is 11.3 Å². The molecule has 3 atom stereocenters. The van der Waals surface area contributed by atoms with E-state index in [9.17, 15) is 9.90 Å². The summed E-state index contributed by atoms with van der Waals surface area (Å²) in [6, 6.07) is 11.9. The Morgan fingerprint density at radius 3 is 2.67 bits per heavy atom. The summed E-state index contributed by atoms with van der Waals surface area (Å²) in [6.07, 6.45) is 2.60. The van der Waals surface area contributed by atoms with Crippen molar-refractivity contribution in [3.05, 3.63) is 47.8 Å². The average molecular weight is 755 g/mol. The minimum Gasteiger partial charge on any atom is -0.396 e. The number of hydrogen-bond donors (Lipinski definition) is 1. The van der Waals surface area contributed by atoms with Crippen LogP contribution in [0.5, 0.6) is 0 Å². The van der Waals surface area contributed by atoms with E-state index in [1.807, 2.05) is 16.4 Å². The van der Waals surface area contributed by atoms with Gasteiger partial charge in [-0.15, -0.1) is 0 Å². The smallest absolute Gasteiger partial charge is 0.254 e. The number of likely N-dealkylation sites (tertiary alicyclic amines) is 1. The molecule has 206 valence electrons. The summed E-state index contributed by atoms with van der Waals surface area (Å²) in [7, 11) is 0. The van der Waals surface area contributed by atoms with Crippen LogP contribution >= 0.6 is 45.2 Å². The normalized spacial score (nSPS) is 21.0. The van der Waals surface area contributed by atoms with Gasteiger partial charge in [-0.05, 0) is 50.5 Å². The molecular formula is C29H32FI2N5O2. The van der Waals surface area contributed by atoms with E-state index < -0.39 is 5.82 Å². The number of amides is 1. The minimum absolute atomic E-state index is 0.109. The second-order valence-corrected chi connectivity index (χ2v) is 13.6. The Morgan fingerprint density at radius 1 is 1.15 bits per heavy atom. The number of carbonyl (C=O) groups is 1. The fraction of sp³-hybridized carbons (Fsp3) is 0.448. The predicted octanol–water partition coefficient (Wildman–Crippen LogP) is 6.38. The van der Waals surface area contributed by atoms with Crippen LogP contribution in [0.3, 0.4) is 0 Å². The van der Waals surface area contributed by atoms with Gasteiger partial charge in [0, 0.05) is 47.7 Å². The van der Waals surface area contributed by atoms with Crippen LogP contribution in [0.1, 0.15) is 49.5 Å². The second-order valence-electron chi connectivity index (χ2n) is 10.4. The Hall–Kier alpha value is -1.93. The summed E-state index contributed by atoms with van der Waals surface area (Å²) in [5.41, 5.74) is 4.59. The van der Waals surface area contributed by atoms with Crippen molar-refractivity contribution in [3.8, 4) is 11.5 Å². The third kappa shape index (κ3) is 4.54. The molecule has 1 saturated heterocycles. The van der Waals surface area contributed by atoms with Crippen LogP contribution in [0.25, 0.3) is 33.5 Å². The fourth-order valence-corrected chi connectivity index (χ4v) is 9.23. The minimum atomic E-state index is -0.413. The van der Waals surface area contributed by atoms with Crippen molar-refractivity contribution in [2.45, 2.75) is 53.7 Å². The number of imidazole rings is 1. The topological polar surface area (TPSA) is 66.5 Å². The largest absolute Gasteiger partial charge is 0.396 e. The van der Waals surface area contributed by atoms with Crippen LogP contribution in [-0.2, 0) is 6.54 Å². The summed E-state index contributed by atoms with van der Waals surface area (Å²) >= 11 is 4.69. The van der Waals surface area contributed by atoms with Gasteiger partial charge < -0.3 is 24.0 Å². The van der Waals surface area contributed by atoms with Crippen molar-refractivity contribution < 1.29 is 14.3 Å². The summed E-state index contributed by atoms with van der Waals surface area (Å²) in [6.45, 7) is 7.25. The standard InChI is InChI=1S/C29H32FI2N5O2/c1-3-20-16-34(9-6-10-38)23-8-5-7-17-13-24(37(20)26(17)23)28-33-22-12-18(11-21(30)27(22)35(28)4-2)29(39)36-15-19(31)14-25(36)32/h5,7-8,11-13,19-20,25,38H,3-4,6,9-10,14-16H2,1-2H3/t19-,20?,25-/m0/s1. The van der Waals surface area contributed by atoms with Crippen LogP contribution in [-0.4, -0.2) is 64.2 Å². The number of rotatable bonds is 7. The third-order valence-corrected chi connectivity index (χ3v) is 10.1. The van der Waals surface area contributed by atoms with Gasteiger partial charge in [0.05, 0.1) is 32.5 Å². The quantitative estimate of drug-likeness (QED) is 0.135. The second kappa shape index (κ2) is 10.8. The van der Waals surface area contributed by atoms with Crippen molar-refractivity contribution in [1.82, 2.24) is 19.0 Å². The zero-order valence-corrected chi connectivity index (χ0v) is 26.4. The molecule has 2 aliphatic rings. The number of halogens is 3. The highest BCUT2D eigenvalue weighted by Crippen LogP contribution is 2.42. The number of hydrogen-bond acceptors (Lipinski definition) is 4. The molecule has 4 aromatic rings. The number of para-hydroxylation sites is 1. The Morgan fingerprint density at radius 2 is 1.97 bits per heavy atom. The van der Waals surface area contributed by atoms with Gasteiger partial charge >= 0.3 is 0 Å². The molecule has 0 aliphatic carbocycles. The van der Waals surface area contributed by atoms with Crippen molar-refractivity contribution in [2.75, 3.05) is 31.1 Å². The summed E-state index contributed by atoms with van der Waals surface area (Å²) in [5, 5.41) is 10.6. The summed E-state index contributed by atoms with van der Waals surface area (Å²) in [4.78, 5) is 22.6. The molecule has 1 unspecified atom stereocenters. The van der Waals surface area contributed by atoms with Crippen LogP contribution in [0.2, 0.25) is 0 Å². The zero-order chi connectivity index (χ0) is 27.4. The Balaban J connectivity index is 1.50. The number of carbonyl (C=O) groups excluding carboxylic acids is 1. The lowest BCUT2D eigenvalue weighted by molar-refractivity contribution is 0.0786. The molecule has 4 heterocycles. The van der Waals surface area contributed by atoms with Gasteiger partial charge in [0.25, 0.3) is 5.91 Å². The monoisotopic (exact) mass is 755 g/mol. The number of alkyl halides is 2. The maximum atomic E-state index is 15.8. The van der Waals surface area contributed by atoms with E-state index in [-0.39, 0.29) is 22.6 Å². The van der Waals surface area contributed by atoms with E-state index in [4.69, 9.17) is 4.98 Å². The first kappa shape index (κ1) is 27.3. The number of aliphatic hydroxyl groups is 1. The Bertz CT molecular complexity index is 1570. The number of nitrogens with zero attached hydrogens (tertiary/aromatic N) is 5. The number of anilines is 1. The maximum Gasteiger partial charge on any atom is 0.254 e. The van der Waals surface area contributed by atoms with Crippen molar-refractivity contribution in [1.29, 1.82) is 0 Å². The summed E-state index contributed by atoms with van der Waals surface area (Å²) < 4.78 is 20.6. The van der Waals surface area contributed by atoms with Gasteiger partial charge in [-0.1, -0.05) is 64.2 Å². The molecule has 0 spiro atoms. The van der Waals surface area contributed by atoms with Crippen LogP contribution in [0, 0.1) is 5.82 Å². The highest BCUT2D eigenvalue weighted by molar-refractivity contribution is 14.1. The van der Waals surface area contributed by atoms with E-state index in [0.717, 1.165) is 60.5 Å². The van der Waals surface area contributed by atoms with Crippen molar-refractivity contribution in [3.63, 3.8) is 0 Å². The lowest BCUT2D eigenvalue weighted by Crippen LogP contribution is -2.36. The highest BCUT2D eigenvalue weighted by Gasteiger charge is 2.34. The van der Waals surface area contributed by atoms with E-state index in [1.165, 1.54) is 6.07 Å². The van der Waals surface area contributed by atoms with E-state index >= 15 is 4.39 Å². The molecule has 1 fully saturated rings. The molecule has 2 aromatic heterocycles. The first-order chi connectivity index (χ1) is 18.9. The summed E-state index contributed by atoms with van der Waals surface area (Å²) in [5.74, 6) is 0.175. The fourth-order valence-electron chi connectivity index (χ4n) is 6.25. The lowest BCUT2D eigenvalue weighted by atomic mass is 10.1. The van der Waals surface area contributed by atoms with E-state index in [1.54, 1.807) is 6.07 Å². The molecule has 0 saturated carbocycles. The van der Waals surface area contributed by atoms with Gasteiger partial charge in [-0.3, -0.25) is 4.79 Å². The molecule has 10 heteroatoms. The first-order valence-electron chi connectivity index (χ1n) is 13.6. The average Bonchev–Trinajstić information content (AvgIpc) is 3.60. The molecule has 0 bridgehead atoms. The van der Waals surface area contributed by atoms with Crippen molar-refractivity contribution >= 4 is 78.7 Å². The van der Waals surface area contributed by atoms with Gasteiger partial charge in [0.15, 0.2) is 5.82 Å². The highest BCUT2D eigenvalue weighted by atomic mass is 127. The number of benzene rings is 2. The third-order valence-electron chi connectivity index (χ3n) is 8.06. The lowest BCUT2D eigenvalue weighted by Gasteiger charge is -2.36.